The van der Waals surface area contributed by atoms with Gasteiger partial charge in [-0.3, -0.25) is 0 Å². The standard InChI is InChI=1S/C15H22FNO/c1-5-9-17-12(4)14-8-7-13(10-15(14)16)18-11(3)6-2/h6-8,10-12,17H,2,5,9H2,1,3-4H3. The summed E-state index contributed by atoms with van der Waals surface area (Å²) in [4.78, 5) is 0. The predicted octanol–water partition coefficient (Wildman–Crippen LogP) is 3.84. The number of rotatable bonds is 7. The van der Waals surface area contributed by atoms with Gasteiger partial charge in [-0.2, -0.15) is 0 Å². The fourth-order valence-electron chi connectivity index (χ4n) is 1.67. The largest absolute Gasteiger partial charge is 0.487 e. The van der Waals surface area contributed by atoms with Crippen molar-refractivity contribution in [1.29, 1.82) is 0 Å². The van der Waals surface area contributed by atoms with Gasteiger partial charge in [-0.15, -0.1) is 0 Å². The van der Waals surface area contributed by atoms with Gasteiger partial charge in [0, 0.05) is 17.7 Å². The third kappa shape index (κ3) is 4.15. The molecule has 0 aliphatic carbocycles. The van der Waals surface area contributed by atoms with Gasteiger partial charge in [0.05, 0.1) is 0 Å². The van der Waals surface area contributed by atoms with Crippen LogP contribution in [0.3, 0.4) is 0 Å². The van der Waals surface area contributed by atoms with Crippen LogP contribution >= 0.6 is 0 Å². The molecule has 0 saturated carbocycles. The smallest absolute Gasteiger partial charge is 0.131 e. The van der Waals surface area contributed by atoms with Gasteiger partial charge < -0.3 is 10.1 Å². The molecule has 2 atom stereocenters. The van der Waals surface area contributed by atoms with Crippen molar-refractivity contribution in [3.8, 4) is 5.75 Å². The van der Waals surface area contributed by atoms with Gasteiger partial charge in [0.15, 0.2) is 0 Å². The van der Waals surface area contributed by atoms with E-state index in [0.29, 0.717) is 11.3 Å². The van der Waals surface area contributed by atoms with Crippen LogP contribution in [0, 0.1) is 5.82 Å². The van der Waals surface area contributed by atoms with Crippen molar-refractivity contribution in [2.45, 2.75) is 39.3 Å². The summed E-state index contributed by atoms with van der Waals surface area (Å²) < 4.78 is 19.4. The Balaban J connectivity index is 2.75. The van der Waals surface area contributed by atoms with Crippen molar-refractivity contribution >= 4 is 0 Å². The molecule has 2 unspecified atom stereocenters. The van der Waals surface area contributed by atoms with Crippen LogP contribution in [0.2, 0.25) is 0 Å². The third-order valence-corrected chi connectivity index (χ3v) is 2.79. The molecule has 0 saturated heterocycles. The van der Waals surface area contributed by atoms with Crippen LogP contribution in [0.25, 0.3) is 0 Å². The fraction of sp³-hybridized carbons (Fsp3) is 0.467. The van der Waals surface area contributed by atoms with Crippen molar-refractivity contribution in [2.75, 3.05) is 6.54 Å². The third-order valence-electron chi connectivity index (χ3n) is 2.79. The van der Waals surface area contributed by atoms with Crippen molar-refractivity contribution in [3.63, 3.8) is 0 Å². The molecule has 0 aliphatic heterocycles. The van der Waals surface area contributed by atoms with E-state index in [9.17, 15) is 4.39 Å². The average molecular weight is 251 g/mol. The highest BCUT2D eigenvalue weighted by Crippen LogP contribution is 2.22. The quantitative estimate of drug-likeness (QED) is 0.743. The van der Waals surface area contributed by atoms with Gasteiger partial charge in [-0.25, -0.2) is 4.39 Å². The normalized spacial score (nSPS) is 14.0. The Bertz CT molecular complexity index is 392. The first-order valence-electron chi connectivity index (χ1n) is 6.40. The number of ether oxygens (including phenoxy) is 1. The Hall–Kier alpha value is -1.35. The minimum absolute atomic E-state index is 0.0100. The van der Waals surface area contributed by atoms with Gasteiger partial charge in [0.1, 0.15) is 17.7 Å². The summed E-state index contributed by atoms with van der Waals surface area (Å²) in [6, 6.07) is 5.01. The van der Waals surface area contributed by atoms with Gasteiger partial charge >= 0.3 is 0 Å². The van der Waals surface area contributed by atoms with Gasteiger partial charge in [-0.1, -0.05) is 25.6 Å². The van der Waals surface area contributed by atoms with Crippen LogP contribution in [0.4, 0.5) is 4.39 Å². The molecule has 0 heterocycles. The molecule has 0 aromatic heterocycles. The van der Waals surface area contributed by atoms with E-state index >= 15 is 0 Å². The highest BCUT2D eigenvalue weighted by atomic mass is 19.1. The van der Waals surface area contributed by atoms with Crippen molar-refractivity contribution in [3.05, 3.63) is 42.2 Å². The molecule has 3 heteroatoms. The Morgan fingerprint density at radius 1 is 1.44 bits per heavy atom. The minimum atomic E-state index is -0.236. The first kappa shape index (κ1) is 14.7. The summed E-state index contributed by atoms with van der Waals surface area (Å²) in [7, 11) is 0. The lowest BCUT2D eigenvalue weighted by Crippen LogP contribution is -2.20. The number of hydrogen-bond donors (Lipinski definition) is 1. The molecule has 0 radical (unpaired) electrons. The van der Waals surface area contributed by atoms with Crippen LogP contribution in [0.15, 0.2) is 30.9 Å². The summed E-state index contributed by atoms with van der Waals surface area (Å²) in [6.45, 7) is 10.4. The lowest BCUT2D eigenvalue weighted by atomic mass is 10.1. The van der Waals surface area contributed by atoms with Crippen molar-refractivity contribution in [2.24, 2.45) is 0 Å². The summed E-state index contributed by atoms with van der Waals surface area (Å²) >= 11 is 0. The van der Waals surface area contributed by atoms with E-state index in [1.165, 1.54) is 6.07 Å². The zero-order chi connectivity index (χ0) is 13.5. The van der Waals surface area contributed by atoms with Gasteiger partial charge in [-0.05, 0) is 32.9 Å². The molecule has 0 fully saturated rings. The maximum Gasteiger partial charge on any atom is 0.131 e. The average Bonchev–Trinajstić information content (AvgIpc) is 2.36. The molecule has 0 amide bonds. The molecule has 1 aromatic carbocycles. The molecule has 100 valence electrons. The van der Waals surface area contributed by atoms with Crippen LogP contribution < -0.4 is 10.1 Å². The maximum absolute atomic E-state index is 13.9. The number of benzene rings is 1. The Morgan fingerprint density at radius 3 is 2.72 bits per heavy atom. The Morgan fingerprint density at radius 2 is 2.17 bits per heavy atom. The highest BCUT2D eigenvalue weighted by Gasteiger charge is 2.11. The second kappa shape index (κ2) is 7.17. The fourth-order valence-corrected chi connectivity index (χ4v) is 1.67. The molecule has 18 heavy (non-hydrogen) atoms. The van der Waals surface area contributed by atoms with Crippen LogP contribution in [-0.2, 0) is 0 Å². The van der Waals surface area contributed by atoms with E-state index in [4.69, 9.17) is 4.74 Å². The molecule has 0 bridgehead atoms. The first-order valence-corrected chi connectivity index (χ1v) is 6.40. The van der Waals surface area contributed by atoms with Crippen molar-refractivity contribution in [1.82, 2.24) is 5.32 Å². The van der Waals surface area contributed by atoms with Crippen LogP contribution in [0.1, 0.15) is 38.8 Å². The van der Waals surface area contributed by atoms with E-state index in [1.807, 2.05) is 13.8 Å². The zero-order valence-electron chi connectivity index (χ0n) is 11.4. The summed E-state index contributed by atoms with van der Waals surface area (Å²) in [6.07, 6.45) is 2.59. The van der Waals surface area contributed by atoms with Gasteiger partial charge in [0.2, 0.25) is 0 Å². The highest BCUT2D eigenvalue weighted by molar-refractivity contribution is 5.31. The van der Waals surface area contributed by atoms with E-state index in [-0.39, 0.29) is 18.0 Å². The summed E-state index contributed by atoms with van der Waals surface area (Å²) in [5.41, 5.74) is 0.669. The van der Waals surface area contributed by atoms with Gasteiger partial charge in [0.25, 0.3) is 0 Å². The number of hydrogen-bond acceptors (Lipinski definition) is 2. The van der Waals surface area contributed by atoms with Crippen LogP contribution in [-0.4, -0.2) is 12.6 Å². The van der Waals surface area contributed by atoms with E-state index in [0.717, 1.165) is 13.0 Å². The van der Waals surface area contributed by atoms with E-state index in [2.05, 4.69) is 18.8 Å². The summed E-state index contributed by atoms with van der Waals surface area (Å²) in [5.74, 6) is 0.297. The lowest BCUT2D eigenvalue weighted by molar-refractivity contribution is 0.268. The molecular weight excluding hydrogens is 229 g/mol. The number of halogens is 1. The molecule has 1 N–H and O–H groups in total. The second-order valence-electron chi connectivity index (χ2n) is 4.42. The van der Waals surface area contributed by atoms with Crippen molar-refractivity contribution < 1.29 is 9.13 Å². The topological polar surface area (TPSA) is 21.3 Å². The first-order chi connectivity index (χ1) is 8.58. The lowest BCUT2D eigenvalue weighted by Gasteiger charge is -2.16. The van der Waals surface area contributed by atoms with Crippen LogP contribution in [0.5, 0.6) is 5.75 Å². The minimum Gasteiger partial charge on any atom is -0.487 e. The number of nitrogens with one attached hydrogen (secondary N) is 1. The Labute approximate surface area is 109 Å². The monoisotopic (exact) mass is 251 g/mol. The zero-order valence-corrected chi connectivity index (χ0v) is 11.4. The predicted molar refractivity (Wildman–Crippen MR) is 73.4 cm³/mol. The molecule has 2 nitrogen and oxygen atoms in total. The maximum atomic E-state index is 13.9. The SMILES string of the molecule is C=CC(C)Oc1ccc(C(C)NCCC)c(F)c1. The van der Waals surface area contributed by atoms with E-state index < -0.39 is 0 Å². The van der Waals surface area contributed by atoms with E-state index in [1.54, 1.807) is 18.2 Å². The summed E-state index contributed by atoms with van der Waals surface area (Å²) in [5, 5.41) is 3.26. The molecule has 1 rings (SSSR count). The second-order valence-corrected chi connectivity index (χ2v) is 4.42. The molecule has 1 aromatic rings. The molecular formula is C15H22FNO. The molecule has 0 aliphatic rings. The Kier molecular flexibility index (Phi) is 5.86. The molecule has 0 spiro atoms.